The number of fused-ring (bicyclic) bond motifs is 1. The molecule has 8 nitrogen and oxygen atoms in total. The highest BCUT2D eigenvalue weighted by atomic mass is 16.6. The van der Waals surface area contributed by atoms with E-state index in [4.69, 9.17) is 14.2 Å². The number of nitrogens with zero attached hydrogens (tertiary/aromatic N) is 3. The number of rotatable bonds is 6. The largest absolute Gasteiger partial charge is 0.493 e. The summed E-state index contributed by atoms with van der Waals surface area (Å²) in [6.07, 6.45) is 10.1. The van der Waals surface area contributed by atoms with Crippen molar-refractivity contribution in [2.75, 3.05) is 57.4 Å². The number of anilines is 1. The van der Waals surface area contributed by atoms with Crippen LogP contribution in [0.1, 0.15) is 50.5 Å². The Morgan fingerprint density at radius 1 is 1.12 bits per heavy atom. The van der Waals surface area contributed by atoms with Crippen LogP contribution < -0.4 is 15.0 Å². The van der Waals surface area contributed by atoms with Crippen molar-refractivity contribution >= 4 is 11.9 Å². The third-order valence-electron chi connectivity index (χ3n) is 7.69. The molecule has 0 bridgehead atoms. The molecule has 3 aliphatic heterocycles. The van der Waals surface area contributed by atoms with Gasteiger partial charge in [0.05, 0.1) is 13.2 Å². The first-order valence-corrected chi connectivity index (χ1v) is 12.9. The van der Waals surface area contributed by atoms with Gasteiger partial charge in [0.15, 0.2) is 0 Å². The minimum Gasteiger partial charge on any atom is -0.493 e. The predicted molar refractivity (Wildman–Crippen MR) is 126 cm³/mol. The molecule has 0 radical (unpaired) electrons. The molecule has 5 rings (SSSR count). The van der Waals surface area contributed by atoms with Crippen LogP contribution in [0.2, 0.25) is 0 Å². The van der Waals surface area contributed by atoms with E-state index in [1.807, 2.05) is 12.3 Å². The van der Waals surface area contributed by atoms with Gasteiger partial charge in [-0.15, -0.1) is 0 Å². The van der Waals surface area contributed by atoms with Crippen LogP contribution in [-0.2, 0) is 15.9 Å². The summed E-state index contributed by atoms with van der Waals surface area (Å²) >= 11 is 0. The number of hydrogen-bond acceptors (Lipinski definition) is 7. The molecule has 33 heavy (non-hydrogen) atoms. The van der Waals surface area contributed by atoms with Crippen LogP contribution in [0.4, 0.5) is 10.6 Å². The maximum atomic E-state index is 12.2. The van der Waals surface area contributed by atoms with Gasteiger partial charge in [0.25, 0.3) is 0 Å². The molecule has 4 heterocycles. The Morgan fingerprint density at radius 2 is 1.97 bits per heavy atom. The van der Waals surface area contributed by atoms with E-state index in [-0.39, 0.29) is 18.2 Å². The van der Waals surface area contributed by atoms with Crippen LogP contribution in [0.3, 0.4) is 0 Å². The lowest BCUT2D eigenvalue weighted by Crippen LogP contribution is -2.47. The zero-order chi connectivity index (χ0) is 22.5. The summed E-state index contributed by atoms with van der Waals surface area (Å²) < 4.78 is 16.6. The van der Waals surface area contributed by atoms with Crippen molar-refractivity contribution < 1.29 is 19.0 Å². The normalized spacial score (nSPS) is 28.1. The summed E-state index contributed by atoms with van der Waals surface area (Å²) in [5.74, 6) is 2.91. The molecule has 1 aromatic heterocycles. The Kier molecular flexibility index (Phi) is 7.51. The van der Waals surface area contributed by atoms with Crippen LogP contribution in [-0.4, -0.2) is 80.7 Å². The Hall–Kier alpha value is -2.06. The summed E-state index contributed by atoms with van der Waals surface area (Å²) in [7, 11) is 0. The highest BCUT2D eigenvalue weighted by Gasteiger charge is 2.27. The highest BCUT2D eigenvalue weighted by molar-refractivity contribution is 5.67. The van der Waals surface area contributed by atoms with Gasteiger partial charge in [-0.3, -0.25) is 4.90 Å². The summed E-state index contributed by atoms with van der Waals surface area (Å²) in [4.78, 5) is 21.9. The van der Waals surface area contributed by atoms with Crippen LogP contribution in [0.5, 0.6) is 5.75 Å². The number of hydrogen-bond donors (Lipinski definition) is 1. The maximum absolute atomic E-state index is 12.2. The van der Waals surface area contributed by atoms with Crippen LogP contribution >= 0.6 is 0 Å². The van der Waals surface area contributed by atoms with Gasteiger partial charge >= 0.3 is 6.09 Å². The van der Waals surface area contributed by atoms with E-state index in [0.717, 1.165) is 89.0 Å². The monoisotopic (exact) mass is 458 g/mol. The average Bonchev–Trinajstić information content (AvgIpc) is 3.34. The number of amides is 1. The van der Waals surface area contributed by atoms with Gasteiger partial charge in [-0.1, -0.05) is 0 Å². The third-order valence-corrected chi connectivity index (χ3v) is 7.69. The minimum absolute atomic E-state index is 0.0810. The molecule has 8 heteroatoms. The number of alkyl carbamates (subject to hydrolysis) is 1. The topological polar surface area (TPSA) is 76.2 Å². The maximum Gasteiger partial charge on any atom is 0.407 e. The first-order chi connectivity index (χ1) is 16.2. The van der Waals surface area contributed by atoms with Crippen molar-refractivity contribution in [2.45, 2.75) is 63.5 Å². The molecule has 4 aliphatic rings. The molecule has 1 saturated carbocycles. The zero-order valence-corrected chi connectivity index (χ0v) is 19.7. The van der Waals surface area contributed by atoms with E-state index < -0.39 is 0 Å². The molecule has 1 N–H and O–H groups in total. The van der Waals surface area contributed by atoms with Crippen molar-refractivity contribution in [3.05, 3.63) is 17.8 Å². The standard InChI is InChI=1S/C25H38N4O4/c30-25(33-21-2-1-16-31-18-21)27-20-5-3-19(4-6-20)8-11-28-12-14-29(15-13-28)24-22-9-17-32-23(22)7-10-26-24/h7,10,19-21H,1-6,8-9,11-18H2,(H,27,30)/t19-,20-,21?. The van der Waals surface area contributed by atoms with E-state index >= 15 is 0 Å². The first kappa shape index (κ1) is 22.7. The second-order valence-electron chi connectivity index (χ2n) is 9.93. The Morgan fingerprint density at radius 3 is 2.76 bits per heavy atom. The Labute approximate surface area is 196 Å². The first-order valence-electron chi connectivity index (χ1n) is 12.9. The molecule has 182 valence electrons. The predicted octanol–water partition coefficient (Wildman–Crippen LogP) is 2.99. The zero-order valence-electron chi connectivity index (χ0n) is 19.7. The second-order valence-corrected chi connectivity index (χ2v) is 9.93. The van der Waals surface area contributed by atoms with Crippen molar-refractivity contribution in [1.29, 1.82) is 0 Å². The molecular weight excluding hydrogens is 420 g/mol. The second kappa shape index (κ2) is 10.9. The van der Waals surface area contributed by atoms with Crippen molar-refractivity contribution in [2.24, 2.45) is 5.92 Å². The average molecular weight is 459 g/mol. The lowest BCUT2D eigenvalue weighted by molar-refractivity contribution is -0.0175. The number of carbonyl (C=O) groups is 1. The number of aromatic nitrogens is 1. The third kappa shape index (κ3) is 5.90. The summed E-state index contributed by atoms with van der Waals surface area (Å²) in [6, 6.07) is 2.24. The van der Waals surface area contributed by atoms with Crippen molar-refractivity contribution in [3.8, 4) is 5.75 Å². The fraction of sp³-hybridized carbons (Fsp3) is 0.760. The van der Waals surface area contributed by atoms with Crippen LogP contribution in [0, 0.1) is 5.92 Å². The van der Waals surface area contributed by atoms with Gasteiger partial charge in [0, 0.05) is 57.0 Å². The molecule has 1 unspecified atom stereocenters. The molecule has 0 spiro atoms. The lowest BCUT2D eigenvalue weighted by Gasteiger charge is -2.37. The number of carbonyl (C=O) groups excluding carboxylic acids is 1. The van der Waals surface area contributed by atoms with E-state index in [2.05, 4.69) is 20.1 Å². The van der Waals surface area contributed by atoms with Gasteiger partial charge in [0.2, 0.25) is 0 Å². The Balaban J connectivity index is 0.980. The van der Waals surface area contributed by atoms with Crippen molar-refractivity contribution in [3.63, 3.8) is 0 Å². The van der Waals surface area contributed by atoms with E-state index in [1.54, 1.807) is 0 Å². The van der Waals surface area contributed by atoms with E-state index in [0.29, 0.717) is 6.61 Å². The minimum atomic E-state index is -0.267. The van der Waals surface area contributed by atoms with Crippen molar-refractivity contribution in [1.82, 2.24) is 15.2 Å². The summed E-state index contributed by atoms with van der Waals surface area (Å²) in [5, 5.41) is 3.08. The van der Waals surface area contributed by atoms with E-state index in [1.165, 1.54) is 31.4 Å². The molecule has 3 fully saturated rings. The molecule has 1 atom stereocenters. The number of pyridine rings is 1. The molecule has 2 saturated heterocycles. The number of nitrogens with one attached hydrogen (secondary N) is 1. The van der Waals surface area contributed by atoms with E-state index in [9.17, 15) is 4.79 Å². The fourth-order valence-electron chi connectivity index (χ4n) is 5.67. The number of ether oxygens (including phenoxy) is 3. The van der Waals surface area contributed by atoms with Crippen LogP contribution in [0.15, 0.2) is 12.3 Å². The van der Waals surface area contributed by atoms with Gasteiger partial charge in [-0.25, -0.2) is 9.78 Å². The quantitative estimate of drug-likeness (QED) is 0.702. The molecule has 0 aromatic carbocycles. The molecule has 1 aliphatic carbocycles. The van der Waals surface area contributed by atoms with Gasteiger partial charge in [-0.05, 0) is 63.5 Å². The Bertz CT molecular complexity index is 785. The lowest BCUT2D eigenvalue weighted by atomic mass is 9.84. The SMILES string of the molecule is O=C(N[C@H]1CC[C@H](CCN2CCN(c3nccc4c3CCO4)CC2)CC1)OC1CCCOC1. The fourth-order valence-corrected chi connectivity index (χ4v) is 5.67. The molecule has 1 amide bonds. The van der Waals surface area contributed by atoms with Crippen LogP contribution in [0.25, 0.3) is 0 Å². The summed E-state index contributed by atoms with van der Waals surface area (Å²) in [5.41, 5.74) is 1.28. The summed E-state index contributed by atoms with van der Waals surface area (Å²) in [6.45, 7) is 7.53. The molecular formula is C25H38N4O4. The highest BCUT2D eigenvalue weighted by Crippen LogP contribution is 2.32. The van der Waals surface area contributed by atoms with Gasteiger partial charge < -0.3 is 24.4 Å². The number of piperazine rings is 1. The van der Waals surface area contributed by atoms with Gasteiger partial charge in [0.1, 0.15) is 17.7 Å². The smallest absolute Gasteiger partial charge is 0.407 e. The van der Waals surface area contributed by atoms with Gasteiger partial charge in [-0.2, -0.15) is 0 Å². The molecule has 1 aromatic rings.